The first-order chi connectivity index (χ1) is 8.38. The van der Waals surface area contributed by atoms with Crippen LogP contribution in [-0.2, 0) is 6.42 Å². The highest BCUT2D eigenvalue weighted by atomic mass is 79.9. The molecular weight excluding hydrogens is 276 g/mol. The van der Waals surface area contributed by atoms with E-state index in [1.54, 1.807) is 0 Å². The van der Waals surface area contributed by atoms with Gasteiger partial charge in [-0.1, -0.05) is 47.5 Å². The number of para-hydroxylation sites is 1. The molecule has 1 nitrogen and oxygen atoms in total. The Morgan fingerprint density at radius 3 is 2.65 bits per heavy atom. The molecule has 0 atom stereocenters. The van der Waals surface area contributed by atoms with Crippen molar-refractivity contribution < 1.29 is 4.74 Å². The van der Waals surface area contributed by atoms with Crippen molar-refractivity contribution in [2.45, 2.75) is 45.4 Å². The molecule has 2 heteroatoms. The third kappa shape index (κ3) is 6.11. The Morgan fingerprint density at radius 1 is 1.06 bits per heavy atom. The van der Waals surface area contributed by atoms with E-state index >= 15 is 0 Å². The first kappa shape index (κ1) is 14.6. The second kappa shape index (κ2) is 9.52. The van der Waals surface area contributed by atoms with E-state index in [1.807, 2.05) is 0 Å². The van der Waals surface area contributed by atoms with Crippen molar-refractivity contribution in [2.24, 2.45) is 0 Å². The molecule has 0 aromatic heterocycles. The molecule has 0 heterocycles. The number of hydrogen-bond donors (Lipinski definition) is 0. The van der Waals surface area contributed by atoms with Gasteiger partial charge in [-0.2, -0.15) is 0 Å². The van der Waals surface area contributed by atoms with Crippen LogP contribution >= 0.6 is 15.9 Å². The van der Waals surface area contributed by atoms with Gasteiger partial charge in [0.1, 0.15) is 5.75 Å². The smallest absolute Gasteiger partial charge is 0.122 e. The van der Waals surface area contributed by atoms with Gasteiger partial charge in [-0.25, -0.2) is 0 Å². The van der Waals surface area contributed by atoms with Crippen LogP contribution in [0.25, 0.3) is 0 Å². The summed E-state index contributed by atoms with van der Waals surface area (Å²) >= 11 is 3.45. The number of alkyl halides is 1. The summed E-state index contributed by atoms with van der Waals surface area (Å²) in [6.07, 6.45) is 7.23. The summed E-state index contributed by atoms with van der Waals surface area (Å²) in [5.74, 6) is 1.08. The number of unbranched alkanes of at least 4 members (excludes halogenated alkanes) is 3. The molecule has 0 N–H and O–H groups in total. The van der Waals surface area contributed by atoms with Crippen LogP contribution in [0, 0.1) is 0 Å². The first-order valence-corrected chi connectivity index (χ1v) is 7.77. The summed E-state index contributed by atoms with van der Waals surface area (Å²) in [6.45, 7) is 3.07. The Labute approximate surface area is 114 Å². The summed E-state index contributed by atoms with van der Waals surface area (Å²) in [6, 6.07) is 8.44. The summed E-state index contributed by atoms with van der Waals surface area (Å²) in [5, 5.41) is 1.10. The van der Waals surface area contributed by atoms with E-state index in [0.717, 1.165) is 30.5 Å². The fourth-order valence-electron chi connectivity index (χ4n) is 1.77. The van der Waals surface area contributed by atoms with Gasteiger partial charge in [0, 0.05) is 5.33 Å². The van der Waals surface area contributed by atoms with Crippen molar-refractivity contribution in [1.29, 1.82) is 0 Å². The van der Waals surface area contributed by atoms with E-state index in [9.17, 15) is 0 Å². The van der Waals surface area contributed by atoms with E-state index < -0.39 is 0 Å². The zero-order chi connectivity index (χ0) is 12.3. The molecule has 0 unspecified atom stereocenters. The third-order valence-corrected chi connectivity index (χ3v) is 3.37. The highest BCUT2D eigenvalue weighted by Crippen LogP contribution is 2.20. The molecule has 1 aromatic carbocycles. The van der Waals surface area contributed by atoms with E-state index in [1.165, 1.54) is 31.2 Å². The Kier molecular flexibility index (Phi) is 8.16. The number of hydrogen-bond acceptors (Lipinski definition) is 1. The van der Waals surface area contributed by atoms with Crippen LogP contribution in [0.1, 0.15) is 44.6 Å². The Balaban J connectivity index is 2.35. The van der Waals surface area contributed by atoms with Gasteiger partial charge in [0.05, 0.1) is 6.61 Å². The molecule has 0 aliphatic heterocycles. The van der Waals surface area contributed by atoms with Gasteiger partial charge in [-0.15, -0.1) is 0 Å². The minimum absolute atomic E-state index is 0.843. The zero-order valence-electron chi connectivity index (χ0n) is 10.8. The van der Waals surface area contributed by atoms with Gasteiger partial charge in [0.2, 0.25) is 0 Å². The summed E-state index contributed by atoms with van der Waals surface area (Å²) < 4.78 is 5.87. The van der Waals surface area contributed by atoms with Crippen LogP contribution in [-0.4, -0.2) is 11.9 Å². The first-order valence-electron chi connectivity index (χ1n) is 6.65. The molecule has 0 aliphatic carbocycles. The normalized spacial score (nSPS) is 10.5. The van der Waals surface area contributed by atoms with Crippen molar-refractivity contribution in [1.82, 2.24) is 0 Å². The highest BCUT2D eigenvalue weighted by molar-refractivity contribution is 9.09. The van der Waals surface area contributed by atoms with Crippen LogP contribution in [0.3, 0.4) is 0 Å². The Morgan fingerprint density at radius 2 is 1.88 bits per heavy atom. The molecule has 0 saturated heterocycles. The molecule has 0 amide bonds. The monoisotopic (exact) mass is 298 g/mol. The van der Waals surface area contributed by atoms with Gasteiger partial charge in [0.15, 0.2) is 0 Å². The maximum atomic E-state index is 5.87. The van der Waals surface area contributed by atoms with Crippen LogP contribution in [0.15, 0.2) is 24.3 Å². The minimum atomic E-state index is 0.843. The molecule has 0 bridgehead atoms. The van der Waals surface area contributed by atoms with E-state index in [0.29, 0.717) is 0 Å². The number of aryl methyl sites for hydroxylation is 1. The fourth-order valence-corrected chi connectivity index (χ4v) is 2.17. The van der Waals surface area contributed by atoms with Crippen molar-refractivity contribution in [2.75, 3.05) is 11.9 Å². The van der Waals surface area contributed by atoms with Crippen molar-refractivity contribution in [3.05, 3.63) is 29.8 Å². The third-order valence-electron chi connectivity index (χ3n) is 2.81. The summed E-state index contributed by atoms with van der Waals surface area (Å²) in [5.41, 5.74) is 1.36. The van der Waals surface area contributed by atoms with Crippen molar-refractivity contribution in [3.8, 4) is 5.75 Å². The van der Waals surface area contributed by atoms with E-state index in [4.69, 9.17) is 4.74 Å². The largest absolute Gasteiger partial charge is 0.493 e. The minimum Gasteiger partial charge on any atom is -0.493 e. The number of ether oxygens (including phenoxy) is 1. The Hall–Kier alpha value is -0.500. The van der Waals surface area contributed by atoms with Gasteiger partial charge in [-0.3, -0.25) is 0 Å². The number of halogens is 1. The van der Waals surface area contributed by atoms with Crippen LogP contribution in [0.5, 0.6) is 5.75 Å². The zero-order valence-corrected chi connectivity index (χ0v) is 12.3. The lowest BCUT2D eigenvalue weighted by Crippen LogP contribution is -2.00. The van der Waals surface area contributed by atoms with Crippen molar-refractivity contribution >= 4 is 15.9 Å². The van der Waals surface area contributed by atoms with E-state index in [2.05, 4.69) is 47.1 Å². The molecular formula is C15H23BrO. The molecule has 1 aromatic rings. The molecule has 1 rings (SSSR count). The summed E-state index contributed by atoms with van der Waals surface area (Å²) in [7, 11) is 0. The number of rotatable bonds is 9. The van der Waals surface area contributed by atoms with Gasteiger partial charge in [-0.05, 0) is 43.7 Å². The molecule has 0 aliphatic rings. The average molecular weight is 299 g/mol. The topological polar surface area (TPSA) is 9.23 Å². The van der Waals surface area contributed by atoms with Crippen LogP contribution in [0.4, 0.5) is 0 Å². The molecule has 0 saturated carbocycles. The quantitative estimate of drug-likeness (QED) is 0.462. The van der Waals surface area contributed by atoms with Gasteiger partial charge < -0.3 is 4.74 Å². The second-order valence-corrected chi connectivity index (χ2v) is 5.10. The molecule has 0 fully saturated rings. The van der Waals surface area contributed by atoms with Crippen LogP contribution in [0.2, 0.25) is 0 Å². The fraction of sp³-hybridized carbons (Fsp3) is 0.600. The SMILES string of the molecule is CCCCc1ccccc1OCCCCCBr. The highest BCUT2D eigenvalue weighted by Gasteiger charge is 2.01. The average Bonchev–Trinajstić information content (AvgIpc) is 2.37. The maximum Gasteiger partial charge on any atom is 0.122 e. The molecule has 96 valence electrons. The second-order valence-electron chi connectivity index (χ2n) is 4.31. The lowest BCUT2D eigenvalue weighted by Gasteiger charge is -2.10. The molecule has 0 radical (unpaired) electrons. The maximum absolute atomic E-state index is 5.87. The molecule has 0 spiro atoms. The van der Waals surface area contributed by atoms with Gasteiger partial charge >= 0.3 is 0 Å². The van der Waals surface area contributed by atoms with Crippen LogP contribution < -0.4 is 4.74 Å². The summed E-state index contributed by atoms with van der Waals surface area (Å²) in [4.78, 5) is 0. The standard InChI is InChI=1S/C15H23BrO/c1-2-3-9-14-10-5-6-11-15(14)17-13-8-4-7-12-16/h5-6,10-11H,2-4,7-9,12-13H2,1H3. The lowest BCUT2D eigenvalue weighted by atomic mass is 10.1. The van der Waals surface area contributed by atoms with E-state index in [-0.39, 0.29) is 0 Å². The number of benzene rings is 1. The lowest BCUT2D eigenvalue weighted by molar-refractivity contribution is 0.303. The van der Waals surface area contributed by atoms with Crippen molar-refractivity contribution in [3.63, 3.8) is 0 Å². The Bertz CT molecular complexity index is 299. The predicted molar refractivity (Wildman–Crippen MR) is 78.2 cm³/mol. The molecule has 17 heavy (non-hydrogen) atoms. The predicted octanol–water partition coefficient (Wildman–Crippen LogP) is 4.97. The van der Waals surface area contributed by atoms with Gasteiger partial charge in [0.25, 0.3) is 0 Å².